The van der Waals surface area contributed by atoms with Crippen LogP contribution in [0, 0.1) is 0 Å². The van der Waals surface area contributed by atoms with Gasteiger partial charge in [-0.05, 0) is 0 Å². The first-order chi connectivity index (χ1) is 3.62. The maximum absolute atomic E-state index is 9.92. The van der Waals surface area contributed by atoms with Crippen molar-refractivity contribution in [2.45, 2.75) is 0 Å². The highest BCUT2D eigenvalue weighted by Gasteiger charge is 2.21. The summed E-state index contributed by atoms with van der Waals surface area (Å²) in [7, 11) is -3.34. The van der Waals surface area contributed by atoms with Crippen molar-refractivity contribution in [3.05, 3.63) is 0 Å². The number of phosphoric acid groups is 1. The highest BCUT2D eigenvalue weighted by atomic mass is 31.2. The Morgan fingerprint density at radius 2 is 2.12 bits per heavy atom. The van der Waals surface area contributed by atoms with Crippen molar-refractivity contribution in [3.8, 4) is 0 Å². The summed E-state index contributed by atoms with van der Waals surface area (Å²) in [6.07, 6.45) is 0. The molecule has 0 aromatic heterocycles. The molecule has 1 unspecified atom stereocenters. The van der Waals surface area contributed by atoms with Crippen LogP contribution in [0.3, 0.4) is 0 Å². The zero-order valence-corrected chi connectivity index (χ0v) is 4.87. The molecule has 6 nitrogen and oxygen atoms in total. The molecule has 2 N–H and O–H groups in total. The van der Waals surface area contributed by atoms with Crippen molar-refractivity contribution in [2.75, 3.05) is 7.11 Å². The summed E-state index contributed by atoms with van der Waals surface area (Å²) < 4.78 is 16.4. The minimum atomic E-state index is -4.34. The summed E-state index contributed by atoms with van der Waals surface area (Å²) in [6, 6.07) is 0. The maximum atomic E-state index is 9.92. The predicted molar refractivity (Wildman–Crippen MR) is 21.6 cm³/mol. The van der Waals surface area contributed by atoms with Crippen molar-refractivity contribution < 1.29 is 29.0 Å². The van der Waals surface area contributed by atoms with Crippen LogP contribution in [0.4, 0.5) is 0 Å². The average molecular weight is 144 g/mol. The Kier molecular flexibility index (Phi) is 3.15. The fraction of sp³-hybridized carbons (Fsp3) is 1.00. The van der Waals surface area contributed by atoms with Crippen LogP contribution in [0.1, 0.15) is 0 Å². The molecule has 0 rings (SSSR count). The van der Waals surface area contributed by atoms with Crippen molar-refractivity contribution in [2.24, 2.45) is 0 Å². The van der Waals surface area contributed by atoms with Gasteiger partial charge in [-0.3, -0.25) is 4.89 Å². The van der Waals surface area contributed by atoms with Gasteiger partial charge in [0.05, 0.1) is 7.11 Å². The van der Waals surface area contributed by atoms with E-state index in [1.54, 1.807) is 0 Å². The molecule has 7 heteroatoms. The molecular weight excluding hydrogens is 139 g/mol. The maximum Gasteiger partial charge on any atom is 0.526 e. The van der Waals surface area contributed by atoms with E-state index in [0.717, 1.165) is 7.11 Å². The van der Waals surface area contributed by atoms with Gasteiger partial charge in [-0.2, -0.15) is 0 Å². The normalized spacial score (nSPS) is 17.9. The van der Waals surface area contributed by atoms with Crippen molar-refractivity contribution in [1.82, 2.24) is 0 Å². The lowest BCUT2D eigenvalue weighted by Gasteiger charge is -2.00. The molecular formula is CH5O6P. The van der Waals surface area contributed by atoms with E-state index < -0.39 is 7.82 Å². The van der Waals surface area contributed by atoms with Gasteiger partial charge in [-0.25, -0.2) is 14.7 Å². The summed E-state index contributed by atoms with van der Waals surface area (Å²) >= 11 is 0. The first kappa shape index (κ1) is 8.03. The van der Waals surface area contributed by atoms with Crippen LogP contribution in [0.15, 0.2) is 0 Å². The van der Waals surface area contributed by atoms with Gasteiger partial charge in [0, 0.05) is 0 Å². The van der Waals surface area contributed by atoms with E-state index in [4.69, 9.17) is 10.2 Å². The van der Waals surface area contributed by atoms with E-state index in [1.807, 2.05) is 0 Å². The minimum Gasteiger partial charge on any atom is -0.299 e. The number of hydrogen-bond donors (Lipinski definition) is 2. The van der Waals surface area contributed by atoms with E-state index in [-0.39, 0.29) is 0 Å². The minimum absolute atomic E-state index is 1.00. The van der Waals surface area contributed by atoms with Gasteiger partial charge < -0.3 is 0 Å². The van der Waals surface area contributed by atoms with Crippen molar-refractivity contribution in [1.29, 1.82) is 0 Å². The molecule has 0 fully saturated rings. The molecule has 50 valence electrons. The zero-order chi connectivity index (χ0) is 6.62. The third-order valence-electron chi connectivity index (χ3n) is 0.272. The van der Waals surface area contributed by atoms with Crippen LogP contribution in [0.2, 0.25) is 0 Å². The molecule has 0 aliphatic heterocycles. The van der Waals surface area contributed by atoms with Crippen LogP contribution in [0.5, 0.6) is 0 Å². The molecule has 0 saturated carbocycles. The smallest absolute Gasteiger partial charge is 0.299 e. The second kappa shape index (κ2) is 3.13. The SMILES string of the molecule is COOP(=O)(O)OO. The van der Waals surface area contributed by atoms with Crippen molar-refractivity contribution >= 4 is 7.82 Å². The van der Waals surface area contributed by atoms with Gasteiger partial charge in [0.25, 0.3) is 0 Å². The molecule has 0 radical (unpaired) electrons. The highest BCUT2D eigenvalue weighted by Crippen LogP contribution is 2.41. The quantitative estimate of drug-likeness (QED) is 0.333. The molecule has 0 spiro atoms. The summed E-state index contributed by atoms with van der Waals surface area (Å²) in [4.78, 5) is 11.8. The van der Waals surface area contributed by atoms with Gasteiger partial charge in [-0.15, -0.1) is 9.35 Å². The van der Waals surface area contributed by atoms with Crippen LogP contribution in [0.25, 0.3) is 0 Å². The van der Waals surface area contributed by atoms with Crippen LogP contribution in [-0.2, 0) is 18.8 Å². The molecule has 8 heavy (non-hydrogen) atoms. The Hall–Kier alpha value is 0.0300. The second-order valence-electron chi connectivity index (χ2n) is 0.791. The summed E-state index contributed by atoms with van der Waals surface area (Å²) in [5.74, 6) is 0. The van der Waals surface area contributed by atoms with Gasteiger partial charge in [0.15, 0.2) is 0 Å². The molecule has 0 aliphatic carbocycles. The lowest BCUT2D eigenvalue weighted by molar-refractivity contribution is -0.242. The third-order valence-corrected chi connectivity index (χ3v) is 0.816. The third kappa shape index (κ3) is 3.09. The first-order valence-corrected chi connectivity index (χ1v) is 3.00. The molecule has 1 atom stereocenters. The molecule has 0 heterocycles. The Labute approximate surface area is 45.1 Å². The van der Waals surface area contributed by atoms with E-state index in [0.29, 0.717) is 0 Å². The van der Waals surface area contributed by atoms with E-state index in [2.05, 4.69) is 14.2 Å². The van der Waals surface area contributed by atoms with Gasteiger partial charge in [-0.1, -0.05) is 0 Å². The Balaban J connectivity index is 3.55. The molecule has 0 saturated heterocycles. The molecule has 0 aromatic rings. The Morgan fingerprint density at radius 3 is 2.25 bits per heavy atom. The molecule has 0 amide bonds. The fourth-order valence-corrected chi connectivity index (χ4v) is 0.323. The molecule has 0 bridgehead atoms. The predicted octanol–water partition coefficient (Wildman–Crippen LogP) is 0.154. The van der Waals surface area contributed by atoms with Gasteiger partial charge in [0.2, 0.25) is 0 Å². The Morgan fingerprint density at radius 1 is 1.62 bits per heavy atom. The number of hydrogen-bond acceptors (Lipinski definition) is 5. The molecule has 0 aromatic carbocycles. The van der Waals surface area contributed by atoms with Gasteiger partial charge in [0.1, 0.15) is 0 Å². The highest BCUT2D eigenvalue weighted by molar-refractivity contribution is 7.47. The summed E-state index contributed by atoms with van der Waals surface area (Å²) in [5.41, 5.74) is 0. The van der Waals surface area contributed by atoms with E-state index in [1.165, 1.54) is 0 Å². The summed E-state index contributed by atoms with van der Waals surface area (Å²) in [6.45, 7) is 0. The van der Waals surface area contributed by atoms with Crippen LogP contribution in [-0.4, -0.2) is 17.3 Å². The largest absolute Gasteiger partial charge is 0.526 e. The standard InChI is InChI=1S/CH5O6P/c1-5-7-8(3,4)6-2/h2H,1H3,(H,3,4). The second-order valence-corrected chi connectivity index (χ2v) is 2.04. The van der Waals surface area contributed by atoms with E-state index in [9.17, 15) is 4.57 Å². The monoisotopic (exact) mass is 144 g/mol. The summed E-state index contributed by atoms with van der Waals surface area (Å²) in [5, 5.41) is 7.51. The van der Waals surface area contributed by atoms with Crippen LogP contribution < -0.4 is 0 Å². The zero-order valence-electron chi connectivity index (χ0n) is 3.97. The first-order valence-electron chi connectivity index (χ1n) is 1.51. The Bertz CT molecular complexity index is 98.7. The van der Waals surface area contributed by atoms with E-state index >= 15 is 0 Å². The van der Waals surface area contributed by atoms with Crippen LogP contribution >= 0.6 is 7.82 Å². The van der Waals surface area contributed by atoms with Gasteiger partial charge >= 0.3 is 7.82 Å². The average Bonchev–Trinajstić information content (AvgIpc) is 1.67. The number of rotatable bonds is 3. The van der Waals surface area contributed by atoms with Crippen molar-refractivity contribution in [3.63, 3.8) is 0 Å². The molecule has 0 aliphatic rings. The lowest BCUT2D eigenvalue weighted by atomic mass is 11.8. The lowest BCUT2D eigenvalue weighted by Crippen LogP contribution is -1.89. The topological polar surface area (TPSA) is 85.2 Å². The fourth-order valence-electron chi connectivity index (χ4n) is 0.108.